The Balaban J connectivity index is 1.57. The van der Waals surface area contributed by atoms with Crippen LogP contribution in [0.25, 0.3) is 0 Å². The molecule has 0 bridgehead atoms. The van der Waals surface area contributed by atoms with Gasteiger partial charge in [-0.25, -0.2) is 0 Å². The molecule has 1 N–H and O–H groups in total. The average molecular weight is 369 g/mol. The molecule has 0 atom stereocenters. The number of hydrogen-bond acceptors (Lipinski definition) is 4. The second-order valence-corrected chi connectivity index (χ2v) is 7.06. The Hall–Kier alpha value is -2.67. The van der Waals surface area contributed by atoms with Gasteiger partial charge >= 0.3 is 0 Å². The first-order valence-electron chi connectivity index (χ1n) is 9.28. The van der Waals surface area contributed by atoms with E-state index in [1.54, 1.807) is 17.8 Å². The number of amides is 2. The monoisotopic (exact) mass is 369 g/mol. The Morgan fingerprint density at radius 2 is 1.85 bits per heavy atom. The van der Waals surface area contributed by atoms with E-state index in [1.807, 2.05) is 11.8 Å². The van der Waals surface area contributed by atoms with Gasteiger partial charge in [0.25, 0.3) is 5.91 Å². The first kappa shape index (κ1) is 19.1. The van der Waals surface area contributed by atoms with E-state index in [-0.39, 0.29) is 18.4 Å². The molecule has 144 valence electrons. The molecule has 1 aliphatic rings. The van der Waals surface area contributed by atoms with Crippen LogP contribution in [-0.4, -0.2) is 64.6 Å². The van der Waals surface area contributed by atoms with Crippen LogP contribution in [0.15, 0.2) is 30.3 Å². The largest absolute Gasteiger partial charge is 0.358 e. The highest BCUT2D eigenvalue weighted by Crippen LogP contribution is 2.13. The summed E-state index contributed by atoms with van der Waals surface area (Å²) in [6.07, 6.45) is 0. The molecule has 0 spiro atoms. The van der Waals surface area contributed by atoms with Gasteiger partial charge in [-0.15, -0.1) is 0 Å². The second-order valence-electron chi connectivity index (χ2n) is 7.06. The Kier molecular flexibility index (Phi) is 5.91. The number of aryl methyl sites for hydroxylation is 2. The van der Waals surface area contributed by atoms with Crippen molar-refractivity contribution in [1.29, 1.82) is 0 Å². The summed E-state index contributed by atoms with van der Waals surface area (Å²) in [6.45, 7) is 8.05. The molecule has 1 aromatic heterocycles. The molecule has 3 rings (SSSR count). The van der Waals surface area contributed by atoms with Crippen molar-refractivity contribution in [2.45, 2.75) is 26.9 Å². The highest BCUT2D eigenvalue weighted by Gasteiger charge is 2.24. The van der Waals surface area contributed by atoms with Crippen molar-refractivity contribution in [1.82, 2.24) is 24.9 Å². The van der Waals surface area contributed by atoms with Crippen molar-refractivity contribution < 1.29 is 9.59 Å². The summed E-state index contributed by atoms with van der Waals surface area (Å²) in [6, 6.07) is 10.3. The van der Waals surface area contributed by atoms with Gasteiger partial charge in [0, 0.05) is 45.5 Å². The smallest absolute Gasteiger partial charge is 0.274 e. The SMILES string of the molecule is CNC(=O)Cn1nc(C(=O)N2CCN(Cc3cccc(C)c3)CC2)cc1C. The lowest BCUT2D eigenvalue weighted by molar-refractivity contribution is -0.121. The molecular weight excluding hydrogens is 342 g/mol. The molecule has 2 heterocycles. The van der Waals surface area contributed by atoms with E-state index in [9.17, 15) is 9.59 Å². The van der Waals surface area contributed by atoms with E-state index in [1.165, 1.54) is 11.1 Å². The van der Waals surface area contributed by atoms with Crippen LogP contribution in [0.3, 0.4) is 0 Å². The summed E-state index contributed by atoms with van der Waals surface area (Å²) < 4.78 is 1.57. The van der Waals surface area contributed by atoms with Gasteiger partial charge in [0.2, 0.25) is 5.91 Å². The molecule has 0 saturated carbocycles. The molecule has 1 aliphatic heterocycles. The van der Waals surface area contributed by atoms with E-state index in [0.717, 1.165) is 25.3 Å². The van der Waals surface area contributed by atoms with Gasteiger partial charge in [-0.3, -0.25) is 19.2 Å². The van der Waals surface area contributed by atoms with Gasteiger partial charge in [-0.05, 0) is 25.5 Å². The number of carbonyl (C=O) groups excluding carboxylic acids is 2. The molecular formula is C20H27N5O2. The normalized spacial score (nSPS) is 15.0. The fourth-order valence-electron chi connectivity index (χ4n) is 3.33. The quantitative estimate of drug-likeness (QED) is 0.860. The zero-order chi connectivity index (χ0) is 19.4. The Morgan fingerprint density at radius 1 is 1.11 bits per heavy atom. The number of nitrogens with zero attached hydrogens (tertiary/aromatic N) is 4. The van der Waals surface area contributed by atoms with Crippen molar-refractivity contribution >= 4 is 11.8 Å². The summed E-state index contributed by atoms with van der Waals surface area (Å²) in [5.41, 5.74) is 3.78. The molecule has 0 radical (unpaired) electrons. The van der Waals surface area contributed by atoms with Crippen LogP contribution >= 0.6 is 0 Å². The third-order valence-electron chi connectivity index (χ3n) is 4.92. The van der Waals surface area contributed by atoms with Crippen LogP contribution in [0, 0.1) is 13.8 Å². The number of rotatable bonds is 5. The zero-order valence-corrected chi connectivity index (χ0v) is 16.2. The predicted molar refractivity (Wildman–Crippen MR) is 103 cm³/mol. The Morgan fingerprint density at radius 3 is 2.52 bits per heavy atom. The maximum Gasteiger partial charge on any atom is 0.274 e. The Bertz CT molecular complexity index is 822. The molecule has 7 heteroatoms. The molecule has 1 saturated heterocycles. The molecule has 0 unspecified atom stereocenters. The maximum absolute atomic E-state index is 12.8. The topological polar surface area (TPSA) is 70.5 Å². The number of benzene rings is 1. The molecule has 2 aromatic rings. The van der Waals surface area contributed by atoms with Crippen LogP contribution in [0.4, 0.5) is 0 Å². The first-order chi connectivity index (χ1) is 13.0. The van der Waals surface area contributed by atoms with Crippen molar-refractivity contribution in [2.24, 2.45) is 0 Å². The zero-order valence-electron chi connectivity index (χ0n) is 16.2. The first-order valence-corrected chi connectivity index (χ1v) is 9.28. The summed E-state index contributed by atoms with van der Waals surface area (Å²) in [5, 5.41) is 6.89. The highest BCUT2D eigenvalue weighted by molar-refractivity contribution is 5.92. The van der Waals surface area contributed by atoms with Gasteiger partial charge < -0.3 is 10.2 Å². The van der Waals surface area contributed by atoms with Crippen molar-refractivity contribution in [3.63, 3.8) is 0 Å². The van der Waals surface area contributed by atoms with Gasteiger partial charge in [0.1, 0.15) is 6.54 Å². The average Bonchev–Trinajstić information content (AvgIpc) is 3.02. The summed E-state index contributed by atoms with van der Waals surface area (Å²) in [5.74, 6) is -0.200. The molecule has 27 heavy (non-hydrogen) atoms. The number of nitrogens with one attached hydrogen (secondary N) is 1. The third kappa shape index (κ3) is 4.74. The van der Waals surface area contributed by atoms with Crippen molar-refractivity contribution in [3.05, 3.63) is 52.8 Å². The summed E-state index contributed by atoms with van der Waals surface area (Å²) in [7, 11) is 1.59. The van der Waals surface area contributed by atoms with Crippen LogP contribution in [0.2, 0.25) is 0 Å². The lowest BCUT2D eigenvalue weighted by Gasteiger charge is -2.34. The molecule has 1 aromatic carbocycles. The van der Waals surface area contributed by atoms with Crippen molar-refractivity contribution in [3.8, 4) is 0 Å². The molecule has 7 nitrogen and oxygen atoms in total. The number of carbonyl (C=O) groups is 2. The van der Waals surface area contributed by atoms with Gasteiger partial charge in [-0.1, -0.05) is 29.8 Å². The standard InChI is InChI=1S/C20H27N5O2/c1-15-5-4-6-17(11-15)13-23-7-9-24(10-8-23)20(27)18-12-16(2)25(22-18)14-19(26)21-3/h4-6,11-12H,7-10,13-14H2,1-3H3,(H,21,26). The van der Waals surface area contributed by atoms with E-state index < -0.39 is 0 Å². The third-order valence-corrected chi connectivity index (χ3v) is 4.92. The number of piperazine rings is 1. The predicted octanol–water partition coefficient (Wildman–Crippen LogP) is 1.20. The molecule has 1 fully saturated rings. The fourth-order valence-corrected chi connectivity index (χ4v) is 3.33. The van der Waals surface area contributed by atoms with E-state index in [0.29, 0.717) is 18.8 Å². The number of aromatic nitrogens is 2. The van der Waals surface area contributed by atoms with Gasteiger partial charge in [-0.2, -0.15) is 5.10 Å². The summed E-state index contributed by atoms with van der Waals surface area (Å²) in [4.78, 5) is 28.5. The van der Waals surface area contributed by atoms with Crippen molar-refractivity contribution in [2.75, 3.05) is 33.2 Å². The van der Waals surface area contributed by atoms with Gasteiger partial charge in [0.15, 0.2) is 5.69 Å². The Labute approximate surface area is 159 Å². The van der Waals surface area contributed by atoms with E-state index in [2.05, 4.69) is 46.5 Å². The second kappa shape index (κ2) is 8.35. The van der Waals surface area contributed by atoms with E-state index >= 15 is 0 Å². The minimum absolute atomic E-state index is 0.0658. The summed E-state index contributed by atoms with van der Waals surface area (Å²) >= 11 is 0. The maximum atomic E-state index is 12.8. The number of hydrogen-bond donors (Lipinski definition) is 1. The molecule has 0 aliphatic carbocycles. The lowest BCUT2D eigenvalue weighted by Crippen LogP contribution is -2.48. The minimum atomic E-state index is -0.134. The van der Waals surface area contributed by atoms with Crippen LogP contribution in [0.1, 0.15) is 27.3 Å². The van der Waals surface area contributed by atoms with E-state index in [4.69, 9.17) is 0 Å². The minimum Gasteiger partial charge on any atom is -0.358 e. The van der Waals surface area contributed by atoms with Crippen LogP contribution < -0.4 is 5.32 Å². The molecule has 2 amide bonds. The number of likely N-dealkylation sites (N-methyl/N-ethyl adjacent to an activating group) is 1. The highest BCUT2D eigenvalue weighted by atomic mass is 16.2. The fraction of sp³-hybridized carbons (Fsp3) is 0.450. The van der Waals surface area contributed by atoms with Gasteiger partial charge in [0.05, 0.1) is 0 Å². The van der Waals surface area contributed by atoms with Crippen LogP contribution in [0.5, 0.6) is 0 Å². The lowest BCUT2D eigenvalue weighted by atomic mass is 10.1. The van der Waals surface area contributed by atoms with Crippen LogP contribution in [-0.2, 0) is 17.9 Å².